The van der Waals surface area contributed by atoms with Crippen LogP contribution in [0.3, 0.4) is 0 Å². The molecule has 19 heavy (non-hydrogen) atoms. The maximum absolute atomic E-state index is 10.3. The standard InChI is InChI=1S/C17H21NO/c1-12-8-9-13(2)15(10-12)17(18)16(19)11-14-6-4-3-5-7-14/h3-10,16-17,19H,11,18H2,1-2H3/t16-,17+/m0/s1. The molecule has 0 amide bonds. The molecule has 2 rings (SSSR count). The first kappa shape index (κ1) is 13.8. The van der Waals surface area contributed by atoms with E-state index in [1.54, 1.807) is 0 Å². The summed E-state index contributed by atoms with van der Waals surface area (Å²) in [4.78, 5) is 0. The zero-order valence-electron chi connectivity index (χ0n) is 11.5. The van der Waals surface area contributed by atoms with Crippen molar-refractivity contribution in [2.75, 3.05) is 0 Å². The minimum atomic E-state index is -0.567. The van der Waals surface area contributed by atoms with Crippen LogP contribution >= 0.6 is 0 Å². The predicted molar refractivity (Wildman–Crippen MR) is 79.0 cm³/mol. The van der Waals surface area contributed by atoms with Gasteiger partial charge < -0.3 is 10.8 Å². The third-order valence-electron chi connectivity index (χ3n) is 3.50. The molecule has 3 N–H and O–H groups in total. The van der Waals surface area contributed by atoms with Crippen LogP contribution < -0.4 is 5.73 Å². The van der Waals surface area contributed by atoms with Crippen LogP contribution in [-0.4, -0.2) is 11.2 Å². The molecule has 0 saturated heterocycles. The van der Waals surface area contributed by atoms with E-state index < -0.39 is 6.10 Å². The smallest absolute Gasteiger partial charge is 0.0773 e. The molecule has 0 aliphatic carbocycles. The van der Waals surface area contributed by atoms with Crippen molar-refractivity contribution >= 4 is 0 Å². The molecule has 0 radical (unpaired) electrons. The third kappa shape index (κ3) is 3.43. The molecule has 0 aliphatic rings. The van der Waals surface area contributed by atoms with Crippen LogP contribution in [0, 0.1) is 13.8 Å². The van der Waals surface area contributed by atoms with E-state index >= 15 is 0 Å². The first-order chi connectivity index (χ1) is 9.08. The van der Waals surface area contributed by atoms with Gasteiger partial charge in [-0.2, -0.15) is 0 Å². The van der Waals surface area contributed by atoms with Gasteiger partial charge in [0.2, 0.25) is 0 Å². The van der Waals surface area contributed by atoms with Gasteiger partial charge in [0, 0.05) is 6.42 Å². The van der Waals surface area contributed by atoms with Gasteiger partial charge in [-0.25, -0.2) is 0 Å². The van der Waals surface area contributed by atoms with E-state index in [2.05, 4.69) is 18.2 Å². The van der Waals surface area contributed by atoms with Gasteiger partial charge in [-0.05, 0) is 30.5 Å². The first-order valence-electron chi connectivity index (χ1n) is 6.62. The average molecular weight is 255 g/mol. The summed E-state index contributed by atoms with van der Waals surface area (Å²) in [6.45, 7) is 4.07. The molecule has 2 heteroatoms. The number of nitrogens with two attached hydrogens (primary N) is 1. The molecular weight excluding hydrogens is 234 g/mol. The monoisotopic (exact) mass is 255 g/mol. The van der Waals surface area contributed by atoms with Crippen molar-refractivity contribution in [1.29, 1.82) is 0 Å². The molecule has 100 valence electrons. The maximum Gasteiger partial charge on any atom is 0.0773 e. The Bertz CT molecular complexity index is 536. The molecule has 0 unspecified atom stereocenters. The molecule has 2 atom stereocenters. The molecule has 0 bridgehead atoms. The minimum absolute atomic E-state index is 0.347. The fourth-order valence-electron chi connectivity index (χ4n) is 2.31. The summed E-state index contributed by atoms with van der Waals surface area (Å²) < 4.78 is 0. The summed E-state index contributed by atoms with van der Waals surface area (Å²) in [7, 11) is 0. The molecule has 2 aromatic rings. The molecule has 0 heterocycles. The fraction of sp³-hybridized carbons (Fsp3) is 0.294. The number of aliphatic hydroxyl groups excluding tert-OH is 1. The van der Waals surface area contributed by atoms with Crippen molar-refractivity contribution in [3.63, 3.8) is 0 Å². The molecule has 0 fully saturated rings. The van der Waals surface area contributed by atoms with Gasteiger partial charge in [0.1, 0.15) is 0 Å². The Hall–Kier alpha value is -1.64. The normalized spacial score (nSPS) is 14.1. The number of aryl methyl sites for hydroxylation is 2. The second kappa shape index (κ2) is 6.00. The van der Waals surface area contributed by atoms with Crippen LogP contribution in [-0.2, 0) is 6.42 Å². The SMILES string of the molecule is Cc1ccc(C)c([C@@H](N)[C@@H](O)Cc2ccccc2)c1. The zero-order valence-corrected chi connectivity index (χ0v) is 11.5. The number of hydrogen-bond donors (Lipinski definition) is 2. The number of hydrogen-bond acceptors (Lipinski definition) is 2. The minimum Gasteiger partial charge on any atom is -0.391 e. The molecule has 2 nitrogen and oxygen atoms in total. The van der Waals surface area contributed by atoms with Crippen molar-refractivity contribution in [1.82, 2.24) is 0 Å². The Kier molecular flexibility index (Phi) is 4.35. The first-order valence-corrected chi connectivity index (χ1v) is 6.62. The van der Waals surface area contributed by atoms with Crippen LogP contribution in [0.25, 0.3) is 0 Å². The summed E-state index contributed by atoms with van der Waals surface area (Å²) >= 11 is 0. The Labute approximate surface area is 114 Å². The topological polar surface area (TPSA) is 46.2 Å². The van der Waals surface area contributed by atoms with E-state index in [9.17, 15) is 5.11 Å². The van der Waals surface area contributed by atoms with Gasteiger partial charge in [0.05, 0.1) is 12.1 Å². The fourth-order valence-corrected chi connectivity index (χ4v) is 2.31. The van der Waals surface area contributed by atoms with Crippen molar-refractivity contribution in [3.8, 4) is 0 Å². The third-order valence-corrected chi connectivity index (χ3v) is 3.50. The highest BCUT2D eigenvalue weighted by atomic mass is 16.3. The highest BCUT2D eigenvalue weighted by Gasteiger charge is 2.18. The maximum atomic E-state index is 10.3. The Balaban J connectivity index is 2.14. The zero-order chi connectivity index (χ0) is 13.8. The highest BCUT2D eigenvalue weighted by Crippen LogP contribution is 2.22. The van der Waals surface area contributed by atoms with E-state index in [-0.39, 0.29) is 6.04 Å². The lowest BCUT2D eigenvalue weighted by Gasteiger charge is -2.21. The second-order valence-corrected chi connectivity index (χ2v) is 5.14. The van der Waals surface area contributed by atoms with E-state index in [4.69, 9.17) is 5.73 Å². The summed E-state index contributed by atoms with van der Waals surface area (Å²) in [5, 5.41) is 10.3. The van der Waals surface area contributed by atoms with Gasteiger partial charge in [0.15, 0.2) is 0 Å². The Morgan fingerprint density at radius 3 is 2.42 bits per heavy atom. The molecule has 0 spiro atoms. The molecule has 0 saturated carbocycles. The van der Waals surface area contributed by atoms with E-state index in [1.165, 1.54) is 5.56 Å². The largest absolute Gasteiger partial charge is 0.391 e. The van der Waals surface area contributed by atoms with Gasteiger partial charge in [-0.15, -0.1) is 0 Å². The highest BCUT2D eigenvalue weighted by molar-refractivity contribution is 5.33. The van der Waals surface area contributed by atoms with Crippen molar-refractivity contribution < 1.29 is 5.11 Å². The van der Waals surface area contributed by atoms with Crippen LogP contribution in [0.2, 0.25) is 0 Å². The van der Waals surface area contributed by atoms with Crippen LogP contribution in [0.5, 0.6) is 0 Å². The second-order valence-electron chi connectivity index (χ2n) is 5.14. The molecule has 0 aliphatic heterocycles. The van der Waals surface area contributed by atoms with E-state index in [0.29, 0.717) is 6.42 Å². The Morgan fingerprint density at radius 2 is 1.74 bits per heavy atom. The molecule has 2 aromatic carbocycles. The Morgan fingerprint density at radius 1 is 1.05 bits per heavy atom. The number of rotatable bonds is 4. The van der Waals surface area contributed by atoms with Crippen molar-refractivity contribution in [3.05, 3.63) is 70.8 Å². The average Bonchev–Trinajstić information content (AvgIpc) is 2.42. The lowest BCUT2D eigenvalue weighted by molar-refractivity contribution is 0.145. The lowest BCUT2D eigenvalue weighted by Crippen LogP contribution is -2.28. The van der Waals surface area contributed by atoms with Gasteiger partial charge in [-0.1, -0.05) is 54.1 Å². The van der Waals surface area contributed by atoms with Gasteiger partial charge >= 0.3 is 0 Å². The predicted octanol–water partition coefficient (Wildman–Crippen LogP) is 2.91. The van der Waals surface area contributed by atoms with Crippen molar-refractivity contribution in [2.24, 2.45) is 5.73 Å². The molecule has 0 aromatic heterocycles. The quantitative estimate of drug-likeness (QED) is 0.882. The summed E-state index contributed by atoms with van der Waals surface area (Å²) in [5.41, 5.74) is 10.6. The van der Waals surface area contributed by atoms with Crippen LogP contribution in [0.1, 0.15) is 28.3 Å². The van der Waals surface area contributed by atoms with Gasteiger partial charge in [0.25, 0.3) is 0 Å². The van der Waals surface area contributed by atoms with Crippen LogP contribution in [0.15, 0.2) is 48.5 Å². The summed E-state index contributed by atoms with van der Waals surface area (Å²) in [6, 6.07) is 15.8. The number of aliphatic hydroxyl groups is 1. The summed E-state index contributed by atoms with van der Waals surface area (Å²) in [6.07, 6.45) is 0.0120. The van der Waals surface area contributed by atoms with E-state index in [0.717, 1.165) is 16.7 Å². The van der Waals surface area contributed by atoms with E-state index in [1.807, 2.05) is 44.2 Å². The summed E-state index contributed by atoms with van der Waals surface area (Å²) in [5.74, 6) is 0. The number of benzene rings is 2. The molecular formula is C17H21NO. The van der Waals surface area contributed by atoms with Gasteiger partial charge in [-0.3, -0.25) is 0 Å². The van der Waals surface area contributed by atoms with Crippen molar-refractivity contribution in [2.45, 2.75) is 32.4 Å². The lowest BCUT2D eigenvalue weighted by atomic mass is 9.93. The van der Waals surface area contributed by atoms with Crippen LogP contribution in [0.4, 0.5) is 0 Å².